The molecule has 1 saturated heterocycles. The van der Waals surface area contributed by atoms with E-state index < -0.39 is 15.7 Å². The predicted molar refractivity (Wildman–Crippen MR) is 125 cm³/mol. The number of nitrogens with one attached hydrogen (secondary N) is 2. The third-order valence-electron chi connectivity index (χ3n) is 5.17. The van der Waals surface area contributed by atoms with Crippen molar-refractivity contribution in [2.75, 3.05) is 25.1 Å². The molecule has 1 unspecified atom stereocenters. The van der Waals surface area contributed by atoms with Gasteiger partial charge in [-0.2, -0.15) is 0 Å². The van der Waals surface area contributed by atoms with Crippen molar-refractivity contribution in [2.45, 2.75) is 30.3 Å². The molecule has 1 fully saturated rings. The van der Waals surface area contributed by atoms with Crippen LogP contribution in [0.15, 0.2) is 53.3 Å². The molecule has 0 bridgehead atoms. The molecule has 1 aromatic carbocycles. The van der Waals surface area contributed by atoms with Gasteiger partial charge in [-0.1, -0.05) is 17.7 Å². The number of aromatic nitrogens is 3. The van der Waals surface area contributed by atoms with Crippen molar-refractivity contribution in [1.29, 1.82) is 0 Å². The van der Waals surface area contributed by atoms with E-state index in [1.165, 1.54) is 42.2 Å². The summed E-state index contributed by atoms with van der Waals surface area (Å²) in [5, 5.41) is 7.90. The van der Waals surface area contributed by atoms with Gasteiger partial charge in [0.05, 0.1) is 29.9 Å². The summed E-state index contributed by atoms with van der Waals surface area (Å²) in [5.41, 5.74) is 0.964. The van der Waals surface area contributed by atoms with Crippen LogP contribution < -0.4 is 10.6 Å². The molecule has 0 radical (unpaired) electrons. The second-order valence-corrected chi connectivity index (χ2v) is 9.78. The summed E-state index contributed by atoms with van der Waals surface area (Å²) in [6, 6.07) is 5.89. The van der Waals surface area contributed by atoms with Crippen LogP contribution in [0.3, 0.4) is 0 Å². The first-order valence-corrected chi connectivity index (χ1v) is 12.4. The highest BCUT2D eigenvalue weighted by Crippen LogP contribution is 2.27. The number of halogens is 2. The van der Waals surface area contributed by atoms with Gasteiger partial charge in [-0.25, -0.2) is 27.8 Å². The Kier molecular flexibility index (Phi) is 7.49. The van der Waals surface area contributed by atoms with E-state index in [0.29, 0.717) is 41.5 Å². The molecule has 0 aliphatic carbocycles. The van der Waals surface area contributed by atoms with Gasteiger partial charge >= 0.3 is 0 Å². The van der Waals surface area contributed by atoms with Crippen molar-refractivity contribution in [3.63, 3.8) is 0 Å². The van der Waals surface area contributed by atoms with Crippen molar-refractivity contribution in [3.05, 3.63) is 59.1 Å². The van der Waals surface area contributed by atoms with Gasteiger partial charge in [-0.3, -0.25) is 0 Å². The number of nitrogens with zero attached hydrogens (tertiary/aromatic N) is 3. The molecular formula is C22H23ClFN5O3S. The molecule has 8 nitrogen and oxygen atoms in total. The largest absolute Gasteiger partial charge is 0.379 e. The minimum absolute atomic E-state index is 0.0415. The minimum Gasteiger partial charge on any atom is -0.379 e. The fraction of sp³-hybridized carbons (Fsp3) is 0.318. The number of anilines is 2. The quantitative estimate of drug-likeness (QED) is 0.455. The van der Waals surface area contributed by atoms with E-state index >= 15 is 0 Å². The summed E-state index contributed by atoms with van der Waals surface area (Å²) >= 11 is 5.84. The Balaban J connectivity index is 1.48. The first kappa shape index (κ1) is 23.5. The van der Waals surface area contributed by atoms with Gasteiger partial charge < -0.3 is 15.4 Å². The lowest BCUT2D eigenvalue weighted by Crippen LogP contribution is -2.41. The topological polar surface area (TPSA) is 106 Å². The first-order valence-electron chi connectivity index (χ1n) is 10.5. The zero-order chi connectivity index (χ0) is 23.3. The Labute approximate surface area is 196 Å². The van der Waals surface area contributed by atoms with Gasteiger partial charge in [0.15, 0.2) is 5.03 Å². The van der Waals surface area contributed by atoms with Crippen LogP contribution in [0.1, 0.15) is 19.3 Å². The molecule has 0 saturated carbocycles. The van der Waals surface area contributed by atoms with Crippen LogP contribution >= 0.6 is 11.6 Å². The fourth-order valence-electron chi connectivity index (χ4n) is 3.46. The number of allylic oxidation sites excluding steroid dienone is 1. The van der Waals surface area contributed by atoms with Gasteiger partial charge in [-0.15, -0.1) is 0 Å². The molecule has 1 aliphatic heterocycles. The number of morpholine rings is 1. The predicted octanol–water partition coefficient (Wildman–Crippen LogP) is 4.01. The Morgan fingerprint density at radius 2 is 2.15 bits per heavy atom. The van der Waals surface area contributed by atoms with E-state index in [2.05, 4.69) is 25.6 Å². The second-order valence-electron chi connectivity index (χ2n) is 7.59. The van der Waals surface area contributed by atoms with E-state index in [0.717, 1.165) is 26.0 Å². The smallest absolute Gasteiger partial charge is 0.216 e. The Hall–Kier alpha value is -2.66. The van der Waals surface area contributed by atoms with Gasteiger partial charge in [0.25, 0.3) is 0 Å². The molecule has 3 aromatic rings. The summed E-state index contributed by atoms with van der Waals surface area (Å²) in [7, 11) is -3.75. The van der Waals surface area contributed by atoms with E-state index in [1.807, 2.05) is 0 Å². The average molecular weight is 492 g/mol. The number of fused-ring (bicyclic) bond motifs is 1. The van der Waals surface area contributed by atoms with Crippen molar-refractivity contribution in [3.8, 4) is 0 Å². The summed E-state index contributed by atoms with van der Waals surface area (Å²) in [4.78, 5) is 12.4. The number of ether oxygens (including phenoxy) is 1. The number of pyridine rings is 1. The van der Waals surface area contributed by atoms with Gasteiger partial charge in [0.1, 0.15) is 18.0 Å². The van der Waals surface area contributed by atoms with Crippen molar-refractivity contribution in [2.24, 2.45) is 0 Å². The van der Waals surface area contributed by atoms with Crippen LogP contribution in [0.2, 0.25) is 5.02 Å². The second kappa shape index (κ2) is 10.5. The number of benzene rings is 1. The van der Waals surface area contributed by atoms with E-state index in [4.69, 9.17) is 16.3 Å². The zero-order valence-corrected chi connectivity index (χ0v) is 19.2. The molecule has 1 aliphatic rings. The third-order valence-corrected chi connectivity index (χ3v) is 6.81. The van der Waals surface area contributed by atoms with Crippen LogP contribution in [0.5, 0.6) is 0 Å². The maximum Gasteiger partial charge on any atom is 0.216 e. The molecule has 1 atom stereocenters. The van der Waals surface area contributed by atoms with Gasteiger partial charge in [0, 0.05) is 29.1 Å². The summed E-state index contributed by atoms with van der Waals surface area (Å²) in [5.74, 6) is -0.185. The maximum absolute atomic E-state index is 13.4. The zero-order valence-electron chi connectivity index (χ0n) is 17.7. The third kappa shape index (κ3) is 6.02. The average Bonchev–Trinajstić information content (AvgIpc) is 2.82. The highest BCUT2D eigenvalue weighted by molar-refractivity contribution is 7.94. The number of hydrogen-bond donors (Lipinski definition) is 2. The monoisotopic (exact) mass is 491 g/mol. The molecule has 174 valence electrons. The van der Waals surface area contributed by atoms with Crippen LogP contribution in [0.25, 0.3) is 10.9 Å². The highest BCUT2D eigenvalue weighted by Gasteiger charge is 2.16. The summed E-state index contributed by atoms with van der Waals surface area (Å²) in [6.45, 7) is 2.26. The molecule has 0 spiro atoms. The van der Waals surface area contributed by atoms with E-state index in [9.17, 15) is 12.8 Å². The molecule has 2 N–H and O–H groups in total. The number of hydrogen-bond acceptors (Lipinski definition) is 8. The SMILES string of the molecule is O=S(=O)(C=CCCCC1COCCN1)c1cc2c(Nc3ccc(F)c(Cl)c3)ncnc2cn1. The number of unbranched alkanes of at least 4 members (excludes halogenated alkanes) is 1. The highest BCUT2D eigenvalue weighted by atomic mass is 35.5. The Morgan fingerprint density at radius 3 is 2.94 bits per heavy atom. The van der Waals surface area contributed by atoms with Crippen molar-refractivity contribution in [1.82, 2.24) is 20.3 Å². The standard InChI is InChI=1S/C22H23ClFN5O3S/c23-18-10-15(5-6-19(18)24)29-22-17-11-21(26-12-20(17)27-14-28-22)33(30,31)9-3-1-2-4-16-13-32-8-7-25-16/h3,5-6,9-12,14,16,25H,1-2,4,7-8,13H2,(H,27,28,29). The molecule has 11 heteroatoms. The van der Waals surface area contributed by atoms with E-state index in [-0.39, 0.29) is 10.0 Å². The maximum atomic E-state index is 13.4. The lowest BCUT2D eigenvalue weighted by Gasteiger charge is -2.23. The first-order chi connectivity index (χ1) is 15.9. The van der Waals surface area contributed by atoms with Crippen LogP contribution in [-0.4, -0.2) is 49.2 Å². The van der Waals surface area contributed by atoms with Gasteiger partial charge in [0.2, 0.25) is 9.84 Å². The Bertz CT molecular complexity index is 1270. The lowest BCUT2D eigenvalue weighted by atomic mass is 10.1. The number of sulfone groups is 1. The fourth-order valence-corrected chi connectivity index (χ4v) is 4.65. The molecule has 3 heterocycles. The van der Waals surface area contributed by atoms with Crippen LogP contribution in [0.4, 0.5) is 15.9 Å². The van der Waals surface area contributed by atoms with Crippen molar-refractivity contribution >= 4 is 43.8 Å². The molecule has 33 heavy (non-hydrogen) atoms. The summed E-state index contributed by atoms with van der Waals surface area (Å²) < 4.78 is 44.4. The molecular weight excluding hydrogens is 469 g/mol. The van der Waals surface area contributed by atoms with Gasteiger partial charge in [-0.05, 0) is 43.5 Å². The lowest BCUT2D eigenvalue weighted by molar-refractivity contribution is 0.0737. The normalized spacial score (nSPS) is 17.0. The number of rotatable bonds is 8. The summed E-state index contributed by atoms with van der Waals surface area (Å²) in [6.07, 6.45) is 6.75. The molecule has 0 amide bonds. The molecule has 4 rings (SSSR count). The Morgan fingerprint density at radius 1 is 1.27 bits per heavy atom. The minimum atomic E-state index is -3.75. The van der Waals surface area contributed by atoms with Crippen molar-refractivity contribution < 1.29 is 17.5 Å². The molecule has 2 aromatic heterocycles. The van der Waals surface area contributed by atoms with Crippen LogP contribution in [-0.2, 0) is 14.6 Å². The van der Waals surface area contributed by atoms with Crippen LogP contribution in [0, 0.1) is 5.82 Å². The van der Waals surface area contributed by atoms with E-state index in [1.54, 1.807) is 6.08 Å².